The smallest absolute Gasteiger partial charge is 0.0701 e. The third-order valence-corrected chi connectivity index (χ3v) is 3.00. The number of hydrogen-bond donors (Lipinski definition) is 1. The van der Waals surface area contributed by atoms with Crippen molar-refractivity contribution >= 4 is 0 Å². The van der Waals surface area contributed by atoms with Crippen molar-refractivity contribution in [2.75, 3.05) is 33.5 Å². The summed E-state index contributed by atoms with van der Waals surface area (Å²) in [6.07, 6.45) is 2.15. The Kier molecular flexibility index (Phi) is 8.47. The average Bonchev–Trinajstić information content (AvgIpc) is 2.40. The second kappa shape index (κ2) is 9.96. The van der Waals surface area contributed by atoms with Crippen LogP contribution in [0.3, 0.4) is 0 Å². The van der Waals surface area contributed by atoms with Crippen LogP contribution in [0.25, 0.3) is 0 Å². The molecular formula is C16H27NO2. The maximum absolute atomic E-state index is 5.65. The molecule has 0 aromatic heterocycles. The first-order valence-corrected chi connectivity index (χ1v) is 7.12. The molecule has 1 aromatic carbocycles. The fraction of sp³-hybridized carbons (Fsp3) is 0.625. The third-order valence-electron chi connectivity index (χ3n) is 3.00. The van der Waals surface area contributed by atoms with Gasteiger partial charge >= 0.3 is 0 Å². The Morgan fingerprint density at radius 3 is 2.79 bits per heavy atom. The summed E-state index contributed by atoms with van der Waals surface area (Å²) in [5, 5.41) is 3.55. The van der Waals surface area contributed by atoms with Gasteiger partial charge in [-0.2, -0.15) is 0 Å². The van der Waals surface area contributed by atoms with Crippen molar-refractivity contribution in [3.63, 3.8) is 0 Å². The lowest BCUT2D eigenvalue weighted by molar-refractivity contribution is 0.0587. The van der Waals surface area contributed by atoms with Gasteiger partial charge in [-0.25, -0.2) is 0 Å². The second-order valence-electron chi connectivity index (χ2n) is 4.91. The number of hydrogen-bond acceptors (Lipinski definition) is 3. The lowest BCUT2D eigenvalue weighted by atomic mass is 10.0. The number of nitrogens with one attached hydrogen (secondary N) is 1. The zero-order valence-corrected chi connectivity index (χ0v) is 12.4. The monoisotopic (exact) mass is 265 g/mol. The highest BCUT2D eigenvalue weighted by Gasteiger charge is 2.09. The summed E-state index contributed by atoms with van der Waals surface area (Å²) < 4.78 is 10.6. The average molecular weight is 265 g/mol. The van der Waals surface area contributed by atoms with Crippen LogP contribution in [0.1, 0.15) is 24.5 Å². The molecule has 0 radical (unpaired) electrons. The van der Waals surface area contributed by atoms with Gasteiger partial charge in [0.2, 0.25) is 0 Å². The van der Waals surface area contributed by atoms with Crippen LogP contribution in [0, 0.1) is 6.92 Å². The number of methoxy groups -OCH3 is 1. The van der Waals surface area contributed by atoms with Crippen molar-refractivity contribution in [2.24, 2.45) is 0 Å². The molecule has 0 aliphatic carbocycles. The van der Waals surface area contributed by atoms with Crippen LogP contribution in [-0.2, 0) is 15.9 Å². The zero-order valence-electron chi connectivity index (χ0n) is 12.4. The molecular weight excluding hydrogens is 238 g/mol. The minimum Gasteiger partial charge on any atom is -0.382 e. The van der Waals surface area contributed by atoms with Crippen LogP contribution in [0.4, 0.5) is 0 Å². The van der Waals surface area contributed by atoms with Gasteiger partial charge in [-0.05, 0) is 31.9 Å². The minimum absolute atomic E-state index is 0.374. The summed E-state index contributed by atoms with van der Waals surface area (Å²) in [6.45, 7) is 7.40. The van der Waals surface area contributed by atoms with E-state index in [1.807, 2.05) is 0 Å². The normalized spacial score (nSPS) is 12.6. The maximum atomic E-state index is 5.65. The Bertz CT molecular complexity index is 341. The third kappa shape index (κ3) is 7.31. The van der Waals surface area contributed by atoms with Crippen molar-refractivity contribution in [1.82, 2.24) is 5.32 Å². The van der Waals surface area contributed by atoms with Crippen molar-refractivity contribution in [3.05, 3.63) is 35.4 Å². The Hall–Kier alpha value is -0.900. The number of aryl methyl sites for hydroxylation is 1. The highest BCUT2D eigenvalue weighted by Crippen LogP contribution is 2.07. The summed E-state index contributed by atoms with van der Waals surface area (Å²) in [5.74, 6) is 0. The molecule has 1 atom stereocenters. The fourth-order valence-corrected chi connectivity index (χ4v) is 2.03. The Morgan fingerprint density at radius 2 is 2.11 bits per heavy atom. The van der Waals surface area contributed by atoms with Crippen LogP contribution in [0.2, 0.25) is 0 Å². The Labute approximate surface area is 117 Å². The first-order chi connectivity index (χ1) is 9.26. The van der Waals surface area contributed by atoms with Crippen LogP contribution < -0.4 is 5.32 Å². The molecule has 0 saturated heterocycles. The maximum Gasteiger partial charge on any atom is 0.0701 e. The summed E-state index contributed by atoms with van der Waals surface area (Å²) in [7, 11) is 1.70. The van der Waals surface area contributed by atoms with Gasteiger partial charge in [0.25, 0.3) is 0 Å². The quantitative estimate of drug-likeness (QED) is 0.660. The van der Waals surface area contributed by atoms with E-state index in [0.29, 0.717) is 19.3 Å². The van der Waals surface area contributed by atoms with Crippen LogP contribution in [-0.4, -0.2) is 39.5 Å². The molecule has 19 heavy (non-hydrogen) atoms. The van der Waals surface area contributed by atoms with E-state index in [4.69, 9.17) is 9.47 Å². The van der Waals surface area contributed by atoms with Gasteiger partial charge in [0.15, 0.2) is 0 Å². The molecule has 0 aliphatic rings. The molecule has 1 N–H and O–H groups in total. The van der Waals surface area contributed by atoms with E-state index in [1.54, 1.807) is 7.11 Å². The van der Waals surface area contributed by atoms with Gasteiger partial charge in [-0.1, -0.05) is 36.8 Å². The molecule has 1 aromatic rings. The molecule has 0 bridgehead atoms. The molecule has 1 rings (SSSR count). The molecule has 0 aliphatic heterocycles. The molecule has 0 amide bonds. The van der Waals surface area contributed by atoms with Gasteiger partial charge in [0, 0.05) is 13.2 Å². The van der Waals surface area contributed by atoms with Crippen LogP contribution >= 0.6 is 0 Å². The van der Waals surface area contributed by atoms with Crippen molar-refractivity contribution < 1.29 is 9.47 Å². The number of benzene rings is 1. The second-order valence-corrected chi connectivity index (χ2v) is 4.91. The summed E-state index contributed by atoms with van der Waals surface area (Å²) in [5.41, 5.74) is 2.68. The molecule has 1 unspecified atom stereocenters. The summed E-state index contributed by atoms with van der Waals surface area (Å²) in [4.78, 5) is 0. The fourth-order valence-electron chi connectivity index (χ4n) is 2.03. The highest BCUT2D eigenvalue weighted by molar-refractivity contribution is 5.23. The predicted octanol–water partition coefficient (Wildman–Crippen LogP) is 2.57. The number of ether oxygens (including phenoxy) is 2. The summed E-state index contributed by atoms with van der Waals surface area (Å²) in [6, 6.07) is 9.05. The van der Waals surface area contributed by atoms with Gasteiger partial charge in [-0.3, -0.25) is 0 Å². The lowest BCUT2D eigenvalue weighted by Gasteiger charge is -2.19. The van der Waals surface area contributed by atoms with E-state index < -0.39 is 0 Å². The standard InChI is InChI=1S/C16H27NO2/c1-4-8-17-16(13-19-10-9-18-3)12-15-7-5-6-14(2)11-15/h5-7,11,16-17H,4,8-10,12-13H2,1-3H3. The first kappa shape index (κ1) is 16.2. The topological polar surface area (TPSA) is 30.5 Å². The van der Waals surface area contributed by atoms with Gasteiger partial charge in [0.1, 0.15) is 0 Å². The zero-order chi connectivity index (χ0) is 13.9. The molecule has 3 heteroatoms. The largest absolute Gasteiger partial charge is 0.382 e. The van der Waals surface area contributed by atoms with E-state index in [2.05, 4.69) is 43.4 Å². The van der Waals surface area contributed by atoms with E-state index in [0.717, 1.165) is 26.0 Å². The van der Waals surface area contributed by atoms with E-state index in [1.165, 1.54) is 11.1 Å². The predicted molar refractivity (Wildman–Crippen MR) is 79.7 cm³/mol. The minimum atomic E-state index is 0.374. The molecule has 0 fully saturated rings. The molecule has 0 saturated carbocycles. The van der Waals surface area contributed by atoms with Crippen LogP contribution in [0.15, 0.2) is 24.3 Å². The highest BCUT2D eigenvalue weighted by atomic mass is 16.5. The van der Waals surface area contributed by atoms with Crippen molar-refractivity contribution in [3.8, 4) is 0 Å². The van der Waals surface area contributed by atoms with Crippen molar-refractivity contribution in [1.29, 1.82) is 0 Å². The first-order valence-electron chi connectivity index (χ1n) is 7.12. The molecule has 108 valence electrons. The Morgan fingerprint density at radius 1 is 1.26 bits per heavy atom. The molecule has 3 nitrogen and oxygen atoms in total. The van der Waals surface area contributed by atoms with E-state index in [9.17, 15) is 0 Å². The van der Waals surface area contributed by atoms with Gasteiger partial charge < -0.3 is 14.8 Å². The lowest BCUT2D eigenvalue weighted by Crippen LogP contribution is -2.36. The SMILES string of the molecule is CCCNC(COCCOC)Cc1cccc(C)c1. The summed E-state index contributed by atoms with van der Waals surface area (Å²) >= 11 is 0. The van der Waals surface area contributed by atoms with Gasteiger partial charge in [0.05, 0.1) is 19.8 Å². The Balaban J connectivity index is 2.43. The molecule has 0 spiro atoms. The van der Waals surface area contributed by atoms with E-state index >= 15 is 0 Å². The number of rotatable bonds is 10. The van der Waals surface area contributed by atoms with Crippen LogP contribution in [0.5, 0.6) is 0 Å². The van der Waals surface area contributed by atoms with Crippen molar-refractivity contribution in [2.45, 2.75) is 32.7 Å². The van der Waals surface area contributed by atoms with E-state index in [-0.39, 0.29) is 0 Å². The van der Waals surface area contributed by atoms with Gasteiger partial charge in [-0.15, -0.1) is 0 Å². The molecule has 0 heterocycles.